The van der Waals surface area contributed by atoms with Crippen molar-refractivity contribution in [3.05, 3.63) is 59.3 Å². The first-order valence-corrected chi connectivity index (χ1v) is 10.2. The Kier molecular flexibility index (Phi) is 6.67. The Balaban J connectivity index is 0.00000289. The number of imidazole rings is 1. The van der Waals surface area contributed by atoms with E-state index >= 15 is 0 Å². The maximum absolute atomic E-state index is 13.5. The van der Waals surface area contributed by atoms with Gasteiger partial charge in [-0.05, 0) is 54.8 Å². The van der Waals surface area contributed by atoms with Crippen LogP contribution in [0.5, 0.6) is 0 Å². The van der Waals surface area contributed by atoms with Gasteiger partial charge in [0.2, 0.25) is 0 Å². The molecule has 0 aliphatic rings. The van der Waals surface area contributed by atoms with E-state index in [1.807, 2.05) is 24.6 Å². The Hall–Kier alpha value is -2.09. The number of benzene rings is 2. The van der Waals surface area contributed by atoms with E-state index in [0.717, 1.165) is 28.5 Å². The number of nitrogens with zero attached hydrogens (tertiary/aromatic N) is 3. The quantitative estimate of drug-likeness (QED) is 0.370. The molecule has 2 aromatic heterocycles. The first-order chi connectivity index (χ1) is 14.5. The van der Waals surface area contributed by atoms with Gasteiger partial charge in [0.05, 0.1) is 22.3 Å². The Morgan fingerprint density at radius 1 is 1.03 bits per heavy atom. The summed E-state index contributed by atoms with van der Waals surface area (Å²) < 4.78 is 42.5. The molecule has 0 aliphatic carbocycles. The van der Waals surface area contributed by atoms with E-state index in [9.17, 15) is 13.2 Å². The van der Waals surface area contributed by atoms with Crippen LogP contribution in [0.2, 0.25) is 0 Å². The van der Waals surface area contributed by atoms with Crippen LogP contribution in [0.3, 0.4) is 0 Å². The number of hydrogen-bond donors (Lipinski definition) is 1. The monoisotopic (exact) mass is 449 g/mol. The van der Waals surface area contributed by atoms with E-state index in [1.165, 1.54) is 12.1 Å². The summed E-state index contributed by atoms with van der Waals surface area (Å²) in [5.41, 5.74) is 3.98. The van der Waals surface area contributed by atoms with Crippen molar-refractivity contribution >= 4 is 40.6 Å². The molecule has 163 valence electrons. The number of H-pyrrole nitrogens is 1. The Labute approximate surface area is 207 Å². The zero-order chi connectivity index (χ0) is 22.6. The molecule has 0 saturated carbocycles. The molecule has 0 saturated heterocycles. The van der Waals surface area contributed by atoms with Crippen LogP contribution < -0.4 is 0 Å². The molecule has 32 heavy (non-hydrogen) atoms. The molecule has 0 spiro atoms. The summed E-state index contributed by atoms with van der Waals surface area (Å²) in [5.74, 6) is 0.657. The van der Waals surface area contributed by atoms with Crippen molar-refractivity contribution in [3.8, 4) is 22.6 Å². The van der Waals surface area contributed by atoms with Gasteiger partial charge in [-0.25, -0.2) is 4.98 Å². The van der Waals surface area contributed by atoms with Gasteiger partial charge >= 0.3 is 6.18 Å². The third kappa shape index (κ3) is 4.51. The number of fused-ring (bicyclic) bond motifs is 1. The molecule has 1 radical (unpaired) electrons. The van der Waals surface area contributed by atoms with Crippen LogP contribution in [0.4, 0.5) is 13.2 Å². The molecule has 0 atom stereocenters. The van der Waals surface area contributed by atoms with Crippen LogP contribution in [0, 0.1) is 6.92 Å². The van der Waals surface area contributed by atoms with Gasteiger partial charge < -0.3 is 4.98 Å². The molecule has 0 amide bonds. The minimum Gasteiger partial charge on any atom is -0.337 e. The smallest absolute Gasteiger partial charge is 0.337 e. The summed E-state index contributed by atoms with van der Waals surface area (Å²) in [6, 6.07) is 11.2. The van der Waals surface area contributed by atoms with Crippen molar-refractivity contribution in [1.82, 2.24) is 19.7 Å². The molecule has 4 nitrogen and oxygen atoms in total. The minimum atomic E-state index is -4.42. The van der Waals surface area contributed by atoms with Crippen LogP contribution in [0.1, 0.15) is 44.5 Å². The van der Waals surface area contributed by atoms with Crippen LogP contribution in [-0.2, 0) is 18.1 Å². The second-order valence-corrected chi connectivity index (χ2v) is 8.80. The normalized spacial score (nSPS) is 12.2. The maximum atomic E-state index is 13.5. The molecule has 1 N–H and O–H groups in total. The van der Waals surface area contributed by atoms with Crippen molar-refractivity contribution in [1.29, 1.82) is 0 Å². The van der Waals surface area contributed by atoms with Gasteiger partial charge in [0.15, 0.2) is 5.82 Å². The molecule has 0 unspecified atom stereocenters. The minimum absolute atomic E-state index is 0. The first kappa shape index (κ1) is 24.6. The predicted octanol–water partition coefficient (Wildman–Crippen LogP) is 6.36. The molecule has 2 aromatic carbocycles. The summed E-state index contributed by atoms with van der Waals surface area (Å²) in [7, 11) is 0. The maximum Gasteiger partial charge on any atom is 0.417 e. The molecular weight excluding hydrogens is 424 g/mol. The topological polar surface area (TPSA) is 46.5 Å². The largest absolute Gasteiger partial charge is 0.417 e. The molecule has 0 bridgehead atoms. The fourth-order valence-electron chi connectivity index (χ4n) is 3.76. The number of rotatable bonds is 3. The van der Waals surface area contributed by atoms with Gasteiger partial charge in [0.25, 0.3) is 0 Å². The molecule has 8 heteroatoms. The van der Waals surface area contributed by atoms with E-state index in [2.05, 4.69) is 25.8 Å². The van der Waals surface area contributed by atoms with E-state index in [0.29, 0.717) is 23.4 Å². The number of aromatic amines is 1. The van der Waals surface area contributed by atoms with Gasteiger partial charge in [0, 0.05) is 41.5 Å². The summed E-state index contributed by atoms with van der Waals surface area (Å²) in [4.78, 5) is 8.06. The first-order valence-electron chi connectivity index (χ1n) is 10.2. The third-order valence-electron chi connectivity index (χ3n) is 5.41. The second kappa shape index (κ2) is 8.69. The van der Waals surface area contributed by atoms with Crippen molar-refractivity contribution in [2.24, 2.45) is 0 Å². The summed E-state index contributed by atoms with van der Waals surface area (Å²) >= 11 is 0. The Morgan fingerprint density at radius 3 is 2.34 bits per heavy atom. The average molecular weight is 449 g/mol. The van der Waals surface area contributed by atoms with Crippen molar-refractivity contribution in [2.75, 3.05) is 0 Å². The standard InChI is InChI=1S/C24H25F3N4.Na/c1-6-31-19(13-20(30-31)23(3,4)5)22-28-18-12-15(11-14(2)21(18)29-22)16-9-7-8-10-17(16)24(25,26)27;/h7-13H,6H2,1-5H3,(H,28,29);. The molecule has 4 rings (SSSR count). The summed E-state index contributed by atoms with van der Waals surface area (Å²) in [6.45, 7) is 10.9. The molecule has 2 heterocycles. The van der Waals surface area contributed by atoms with Crippen molar-refractivity contribution in [2.45, 2.75) is 52.8 Å². The number of hydrogen-bond acceptors (Lipinski definition) is 2. The number of aromatic nitrogens is 4. The van der Waals surface area contributed by atoms with Crippen LogP contribution in [0.15, 0.2) is 42.5 Å². The van der Waals surface area contributed by atoms with E-state index in [1.54, 1.807) is 18.2 Å². The van der Waals surface area contributed by atoms with Gasteiger partial charge in [0.1, 0.15) is 5.69 Å². The fourth-order valence-corrected chi connectivity index (χ4v) is 3.76. The predicted molar refractivity (Wildman–Crippen MR) is 123 cm³/mol. The number of halogens is 3. The van der Waals surface area contributed by atoms with Crippen molar-refractivity contribution in [3.63, 3.8) is 0 Å². The molecule has 0 aliphatic heterocycles. The Bertz CT molecular complexity index is 1260. The summed E-state index contributed by atoms with van der Waals surface area (Å²) in [6.07, 6.45) is -4.42. The van der Waals surface area contributed by atoms with Crippen LogP contribution >= 0.6 is 0 Å². The number of alkyl halides is 3. The third-order valence-corrected chi connectivity index (χ3v) is 5.41. The van der Waals surface area contributed by atoms with Crippen molar-refractivity contribution < 1.29 is 13.2 Å². The van der Waals surface area contributed by atoms with E-state index in [-0.39, 0.29) is 40.5 Å². The zero-order valence-corrected chi connectivity index (χ0v) is 21.2. The van der Waals surface area contributed by atoms with E-state index < -0.39 is 11.7 Å². The Morgan fingerprint density at radius 2 is 1.72 bits per heavy atom. The fraction of sp³-hybridized carbons (Fsp3) is 0.333. The van der Waals surface area contributed by atoms with E-state index in [4.69, 9.17) is 10.1 Å². The number of nitrogens with one attached hydrogen (secondary N) is 1. The van der Waals surface area contributed by atoms with Gasteiger partial charge in [-0.2, -0.15) is 18.3 Å². The zero-order valence-electron chi connectivity index (χ0n) is 19.2. The summed E-state index contributed by atoms with van der Waals surface area (Å²) in [5, 5.41) is 4.70. The molecule has 4 aromatic rings. The molecule has 0 fully saturated rings. The second-order valence-electron chi connectivity index (χ2n) is 8.80. The van der Waals surface area contributed by atoms with Crippen LogP contribution in [0.25, 0.3) is 33.7 Å². The van der Waals surface area contributed by atoms with Crippen LogP contribution in [-0.4, -0.2) is 49.3 Å². The molecular formula is C24H25F3N4Na. The van der Waals surface area contributed by atoms with Gasteiger partial charge in [-0.3, -0.25) is 4.68 Å². The van der Waals surface area contributed by atoms with Gasteiger partial charge in [-0.15, -0.1) is 0 Å². The SMILES string of the molecule is CCn1nc(C(C)(C)C)cc1-c1nc2c(C)cc(-c3ccccc3C(F)(F)F)cc2[nH]1.[Na]. The van der Waals surface area contributed by atoms with Gasteiger partial charge in [-0.1, -0.05) is 39.0 Å². The average Bonchev–Trinajstić information content (AvgIpc) is 3.31. The number of aryl methyl sites for hydroxylation is 2.